The van der Waals surface area contributed by atoms with Gasteiger partial charge in [0, 0.05) is 25.5 Å². The Morgan fingerprint density at radius 2 is 1.96 bits per heavy atom. The van der Waals surface area contributed by atoms with E-state index in [0.717, 1.165) is 24.6 Å². The van der Waals surface area contributed by atoms with Crippen LogP contribution in [0.1, 0.15) is 24.0 Å². The third-order valence-corrected chi connectivity index (χ3v) is 3.92. The van der Waals surface area contributed by atoms with E-state index in [4.69, 9.17) is 0 Å². The van der Waals surface area contributed by atoms with Crippen molar-refractivity contribution in [3.8, 4) is 0 Å². The molecule has 0 radical (unpaired) electrons. The van der Waals surface area contributed by atoms with E-state index in [-0.39, 0.29) is 30.7 Å². The lowest BCUT2D eigenvalue weighted by Crippen LogP contribution is -2.34. The minimum absolute atomic E-state index is 0. The van der Waals surface area contributed by atoms with Crippen LogP contribution in [-0.2, 0) is 17.9 Å². The number of carbonyl (C=O) groups excluding carboxylic acids is 1. The van der Waals surface area contributed by atoms with Gasteiger partial charge in [-0.1, -0.05) is 24.3 Å². The van der Waals surface area contributed by atoms with Crippen LogP contribution in [0, 0.1) is 5.92 Å². The number of benzene rings is 1. The summed E-state index contributed by atoms with van der Waals surface area (Å²) in [5.74, 6) is 0.849. The van der Waals surface area contributed by atoms with Crippen LogP contribution in [0.25, 0.3) is 0 Å². The van der Waals surface area contributed by atoms with Crippen molar-refractivity contribution in [2.75, 3.05) is 13.1 Å². The first-order chi connectivity index (χ1) is 10.8. The van der Waals surface area contributed by atoms with Gasteiger partial charge in [0.2, 0.25) is 5.91 Å². The van der Waals surface area contributed by atoms with Gasteiger partial charge in [0.1, 0.15) is 0 Å². The Labute approximate surface area is 155 Å². The topological polar surface area (TPSA) is 59.0 Å². The predicted octanol–water partition coefficient (Wildman–Crippen LogP) is 2.39. The van der Waals surface area contributed by atoms with Crippen molar-refractivity contribution >= 4 is 30.7 Å². The maximum Gasteiger partial charge on any atom is 0.234 e. The fraction of sp³-hybridized carbons (Fsp3) is 0.412. The van der Waals surface area contributed by atoms with Crippen molar-refractivity contribution < 1.29 is 4.79 Å². The Morgan fingerprint density at radius 1 is 1.21 bits per heavy atom. The van der Waals surface area contributed by atoms with E-state index in [0.29, 0.717) is 13.1 Å². The monoisotopic (exact) mass is 370 g/mol. The predicted molar refractivity (Wildman–Crippen MR) is 99.7 cm³/mol. The average molecular weight is 371 g/mol. The molecule has 0 aliphatic heterocycles. The first kappa shape index (κ1) is 20.5. The van der Waals surface area contributed by atoms with Gasteiger partial charge in [-0.3, -0.25) is 4.79 Å². The zero-order valence-corrected chi connectivity index (χ0v) is 15.1. The zero-order chi connectivity index (χ0) is 15.2. The van der Waals surface area contributed by atoms with Crippen molar-refractivity contribution in [1.29, 1.82) is 0 Å². The minimum Gasteiger partial charge on any atom is -0.351 e. The molecule has 2 aromatic rings. The van der Waals surface area contributed by atoms with E-state index in [1.54, 1.807) is 12.5 Å². The molecule has 0 bridgehead atoms. The molecule has 3 rings (SSSR count). The maximum atomic E-state index is 11.9. The van der Waals surface area contributed by atoms with Crippen LogP contribution in [0.3, 0.4) is 0 Å². The van der Waals surface area contributed by atoms with Crippen molar-refractivity contribution in [2.24, 2.45) is 5.92 Å². The molecular weight excluding hydrogens is 347 g/mol. The summed E-state index contributed by atoms with van der Waals surface area (Å²) >= 11 is 0. The summed E-state index contributed by atoms with van der Waals surface area (Å²) in [6.07, 6.45) is 8.12. The molecule has 132 valence electrons. The summed E-state index contributed by atoms with van der Waals surface area (Å²) in [5, 5.41) is 6.20. The van der Waals surface area contributed by atoms with Gasteiger partial charge in [-0.15, -0.1) is 24.8 Å². The lowest BCUT2D eigenvalue weighted by atomic mass is 10.1. The van der Waals surface area contributed by atoms with E-state index >= 15 is 0 Å². The Balaban J connectivity index is 0.00000144. The standard InChI is InChI=1S/C17H22N4O.2ClH/c22-17(11-19-9-14-5-6-14)20-10-15-3-1-2-4-16(15)12-21-8-7-18-13-21;;/h1-4,7-8,13-14,19H,5-6,9-12H2,(H,20,22);2*1H. The van der Waals surface area contributed by atoms with Gasteiger partial charge >= 0.3 is 0 Å². The molecule has 1 fully saturated rings. The smallest absolute Gasteiger partial charge is 0.234 e. The largest absolute Gasteiger partial charge is 0.351 e. The Hall–Kier alpha value is -1.56. The molecule has 1 aliphatic carbocycles. The number of amides is 1. The fourth-order valence-electron chi connectivity index (χ4n) is 2.43. The molecule has 1 aliphatic rings. The second kappa shape index (κ2) is 10.3. The second-order valence-electron chi connectivity index (χ2n) is 5.85. The van der Waals surface area contributed by atoms with Crippen LogP contribution in [0.2, 0.25) is 0 Å². The first-order valence-electron chi connectivity index (χ1n) is 7.81. The van der Waals surface area contributed by atoms with Gasteiger partial charge in [0.15, 0.2) is 0 Å². The number of halogens is 2. The van der Waals surface area contributed by atoms with Gasteiger partial charge in [0.25, 0.3) is 0 Å². The zero-order valence-electron chi connectivity index (χ0n) is 13.5. The third-order valence-electron chi connectivity index (χ3n) is 3.92. The molecule has 24 heavy (non-hydrogen) atoms. The Kier molecular flexibility index (Phi) is 8.82. The van der Waals surface area contributed by atoms with E-state index in [1.165, 1.54) is 18.4 Å². The third kappa shape index (κ3) is 6.51. The van der Waals surface area contributed by atoms with E-state index < -0.39 is 0 Å². The van der Waals surface area contributed by atoms with Crippen LogP contribution in [0.15, 0.2) is 43.0 Å². The van der Waals surface area contributed by atoms with Crippen molar-refractivity contribution in [3.05, 3.63) is 54.1 Å². The molecule has 7 heteroatoms. The van der Waals surface area contributed by atoms with Crippen LogP contribution in [0.4, 0.5) is 0 Å². The lowest BCUT2D eigenvalue weighted by Gasteiger charge is -2.11. The van der Waals surface area contributed by atoms with Gasteiger partial charge in [-0.2, -0.15) is 0 Å². The van der Waals surface area contributed by atoms with E-state index in [1.807, 2.05) is 22.9 Å². The van der Waals surface area contributed by atoms with Crippen LogP contribution >= 0.6 is 24.8 Å². The normalized spacial score (nSPS) is 12.8. The summed E-state index contributed by atoms with van der Waals surface area (Å²) in [6.45, 7) is 2.70. The van der Waals surface area contributed by atoms with Gasteiger partial charge in [0.05, 0.1) is 12.9 Å². The average Bonchev–Trinajstić information content (AvgIpc) is 3.21. The summed E-state index contributed by atoms with van der Waals surface area (Å²) in [4.78, 5) is 15.9. The van der Waals surface area contributed by atoms with Crippen LogP contribution < -0.4 is 10.6 Å². The highest BCUT2D eigenvalue weighted by atomic mass is 35.5. The molecule has 1 aromatic carbocycles. The van der Waals surface area contributed by atoms with Crippen LogP contribution in [0.5, 0.6) is 0 Å². The quantitative estimate of drug-likeness (QED) is 0.749. The fourth-order valence-corrected chi connectivity index (χ4v) is 2.43. The highest BCUT2D eigenvalue weighted by molar-refractivity contribution is 5.85. The molecule has 1 saturated carbocycles. The second-order valence-corrected chi connectivity index (χ2v) is 5.85. The van der Waals surface area contributed by atoms with E-state index in [2.05, 4.69) is 27.8 Å². The SMILES string of the molecule is Cl.Cl.O=C(CNCC1CC1)NCc1ccccc1Cn1ccnc1. The molecule has 0 unspecified atom stereocenters. The Morgan fingerprint density at radius 3 is 2.62 bits per heavy atom. The molecular formula is C17H24Cl2N4O. The number of nitrogens with one attached hydrogen (secondary N) is 2. The van der Waals surface area contributed by atoms with Crippen molar-refractivity contribution in [3.63, 3.8) is 0 Å². The van der Waals surface area contributed by atoms with Crippen molar-refractivity contribution in [2.45, 2.75) is 25.9 Å². The molecule has 0 saturated heterocycles. The molecule has 1 heterocycles. The lowest BCUT2D eigenvalue weighted by molar-refractivity contribution is -0.120. The number of rotatable bonds is 8. The number of nitrogens with zero attached hydrogens (tertiary/aromatic N) is 2. The highest BCUT2D eigenvalue weighted by Gasteiger charge is 2.20. The van der Waals surface area contributed by atoms with Gasteiger partial charge in [-0.25, -0.2) is 4.98 Å². The highest BCUT2D eigenvalue weighted by Crippen LogP contribution is 2.27. The molecule has 0 atom stereocenters. The van der Waals surface area contributed by atoms with Crippen LogP contribution in [-0.4, -0.2) is 28.5 Å². The summed E-state index contributed by atoms with van der Waals surface area (Å²) in [5.41, 5.74) is 2.35. The van der Waals surface area contributed by atoms with Crippen molar-refractivity contribution in [1.82, 2.24) is 20.2 Å². The molecule has 5 nitrogen and oxygen atoms in total. The van der Waals surface area contributed by atoms with Gasteiger partial charge < -0.3 is 15.2 Å². The number of carbonyl (C=O) groups is 1. The number of hydrogen-bond donors (Lipinski definition) is 2. The summed E-state index contributed by atoms with van der Waals surface area (Å²) in [7, 11) is 0. The molecule has 2 N–H and O–H groups in total. The van der Waals surface area contributed by atoms with E-state index in [9.17, 15) is 4.79 Å². The van der Waals surface area contributed by atoms with Gasteiger partial charge in [-0.05, 0) is 36.4 Å². The minimum atomic E-state index is 0. The Bertz CT molecular complexity index is 615. The summed E-state index contributed by atoms with van der Waals surface area (Å²) in [6, 6.07) is 8.18. The number of hydrogen-bond acceptors (Lipinski definition) is 3. The molecule has 0 spiro atoms. The maximum absolute atomic E-state index is 11.9. The number of imidazole rings is 1. The summed E-state index contributed by atoms with van der Waals surface area (Å²) < 4.78 is 2.03. The molecule has 1 amide bonds. The first-order valence-corrected chi connectivity index (χ1v) is 7.81. The number of aromatic nitrogens is 2. The molecule has 1 aromatic heterocycles.